The zero-order valence-electron chi connectivity index (χ0n) is 13.3. The number of carbonyl (C=O) groups excluding carboxylic acids is 2. The van der Waals surface area contributed by atoms with Crippen molar-refractivity contribution in [3.8, 4) is 0 Å². The molecule has 1 aromatic heterocycles. The molecular formula is C15H15N3O6S2. The third-order valence-electron chi connectivity index (χ3n) is 3.89. The number of carbonyl (C=O) groups is 3. The van der Waals surface area contributed by atoms with E-state index in [0.29, 0.717) is 0 Å². The van der Waals surface area contributed by atoms with Gasteiger partial charge >= 0.3 is 5.97 Å². The highest BCUT2D eigenvalue weighted by Crippen LogP contribution is 2.40. The Morgan fingerprint density at radius 3 is 2.81 bits per heavy atom. The predicted molar refractivity (Wildman–Crippen MR) is 92.3 cm³/mol. The summed E-state index contributed by atoms with van der Waals surface area (Å²) >= 11 is 1.26. The minimum Gasteiger partial charge on any atom is -0.477 e. The number of aliphatic carboxylic acids is 1. The molecule has 0 bridgehead atoms. The van der Waals surface area contributed by atoms with E-state index in [2.05, 4.69) is 10.3 Å². The van der Waals surface area contributed by atoms with E-state index < -0.39 is 46.6 Å². The van der Waals surface area contributed by atoms with Gasteiger partial charge in [0.25, 0.3) is 5.91 Å². The van der Waals surface area contributed by atoms with Crippen molar-refractivity contribution in [3.63, 3.8) is 0 Å². The molecular weight excluding hydrogens is 382 g/mol. The summed E-state index contributed by atoms with van der Waals surface area (Å²) in [5.41, 5.74) is 0.0249. The second-order valence-corrected chi connectivity index (χ2v) is 8.03. The number of β-lactam (4-membered cyclic amide) rings is 1. The van der Waals surface area contributed by atoms with E-state index in [1.807, 2.05) is 0 Å². The molecule has 2 aliphatic heterocycles. The van der Waals surface area contributed by atoms with Crippen LogP contribution in [-0.2, 0) is 25.2 Å². The van der Waals surface area contributed by atoms with Crippen molar-refractivity contribution in [2.24, 2.45) is 0 Å². The largest absolute Gasteiger partial charge is 0.477 e. The van der Waals surface area contributed by atoms with Gasteiger partial charge in [0.1, 0.15) is 27.9 Å². The van der Waals surface area contributed by atoms with Crippen LogP contribution >= 0.6 is 11.8 Å². The number of aliphatic hydroxyl groups excluding tert-OH is 1. The third-order valence-corrected chi connectivity index (χ3v) is 6.46. The van der Waals surface area contributed by atoms with Gasteiger partial charge in [0.15, 0.2) is 0 Å². The number of fused-ring (bicyclic) bond motifs is 1. The molecule has 11 heteroatoms. The van der Waals surface area contributed by atoms with Crippen LogP contribution in [0.15, 0.2) is 40.7 Å². The molecule has 3 rings (SSSR count). The normalized spacial score (nSPS) is 23.1. The Labute approximate surface area is 154 Å². The van der Waals surface area contributed by atoms with Gasteiger partial charge in [0, 0.05) is 11.9 Å². The summed E-state index contributed by atoms with van der Waals surface area (Å²) in [6, 6.07) is 3.97. The Morgan fingerprint density at radius 2 is 2.19 bits per heavy atom. The van der Waals surface area contributed by atoms with Crippen molar-refractivity contribution in [3.05, 3.63) is 35.7 Å². The maximum atomic E-state index is 12.3. The maximum absolute atomic E-state index is 12.3. The van der Waals surface area contributed by atoms with E-state index in [9.17, 15) is 28.8 Å². The molecule has 3 atom stereocenters. The SMILES string of the molecule is O=C(CS(=O)c1ccccn1)NC1C(=O)N2C(C(=O)O)=C(CO)CSC12. The van der Waals surface area contributed by atoms with Crippen molar-refractivity contribution in [2.45, 2.75) is 16.4 Å². The van der Waals surface area contributed by atoms with Gasteiger partial charge in [-0.3, -0.25) is 18.7 Å². The second-order valence-electron chi connectivity index (χ2n) is 5.53. The molecule has 138 valence electrons. The zero-order valence-corrected chi connectivity index (χ0v) is 15.0. The zero-order chi connectivity index (χ0) is 18.8. The first-order valence-corrected chi connectivity index (χ1v) is 9.90. The number of aliphatic hydroxyl groups is 1. The lowest BCUT2D eigenvalue weighted by Crippen LogP contribution is -2.70. The number of thioether (sulfide) groups is 1. The van der Waals surface area contributed by atoms with E-state index in [1.165, 1.54) is 24.0 Å². The van der Waals surface area contributed by atoms with Crippen molar-refractivity contribution in [2.75, 3.05) is 18.1 Å². The van der Waals surface area contributed by atoms with E-state index in [0.717, 1.165) is 4.90 Å². The molecule has 1 saturated heterocycles. The molecule has 1 aromatic rings. The van der Waals surface area contributed by atoms with Gasteiger partial charge in [0.2, 0.25) is 5.91 Å². The molecule has 0 aliphatic carbocycles. The van der Waals surface area contributed by atoms with E-state index in [4.69, 9.17) is 0 Å². The summed E-state index contributed by atoms with van der Waals surface area (Å²) in [5.74, 6) is -2.54. The highest BCUT2D eigenvalue weighted by molar-refractivity contribution is 8.00. The smallest absolute Gasteiger partial charge is 0.352 e. The van der Waals surface area contributed by atoms with Crippen LogP contribution in [0.3, 0.4) is 0 Å². The van der Waals surface area contributed by atoms with Crippen LogP contribution in [0.1, 0.15) is 0 Å². The molecule has 1 fully saturated rings. The van der Waals surface area contributed by atoms with E-state index in [-0.39, 0.29) is 27.8 Å². The molecule has 3 N–H and O–H groups in total. The Balaban J connectivity index is 1.65. The van der Waals surface area contributed by atoms with Crippen LogP contribution in [0.4, 0.5) is 0 Å². The van der Waals surface area contributed by atoms with Crippen molar-refractivity contribution < 1.29 is 28.8 Å². The number of carboxylic acid groups (broad SMARTS) is 1. The summed E-state index contributed by atoms with van der Waals surface area (Å²) < 4.78 is 12.1. The van der Waals surface area contributed by atoms with Crippen molar-refractivity contribution in [1.29, 1.82) is 0 Å². The molecule has 0 saturated carbocycles. The fourth-order valence-electron chi connectivity index (χ4n) is 2.69. The van der Waals surface area contributed by atoms with Crippen LogP contribution in [0.5, 0.6) is 0 Å². The average Bonchev–Trinajstić information content (AvgIpc) is 2.65. The van der Waals surface area contributed by atoms with E-state index >= 15 is 0 Å². The first kappa shape index (κ1) is 18.5. The number of aromatic nitrogens is 1. The van der Waals surface area contributed by atoms with Gasteiger partial charge in [-0.15, -0.1) is 11.8 Å². The lowest BCUT2D eigenvalue weighted by Gasteiger charge is -2.49. The first-order valence-electron chi connectivity index (χ1n) is 7.53. The standard InChI is InChI=1S/C15H15N3O6S2/c19-5-8-6-25-14-11(13(21)18(14)12(8)15(22)23)17-9(20)7-26(24)10-3-1-2-4-16-10/h1-4,11,14,19H,5-7H2,(H,17,20)(H,22,23). The van der Waals surface area contributed by atoms with Crippen LogP contribution in [0.25, 0.3) is 0 Å². The number of nitrogens with one attached hydrogen (secondary N) is 1. The van der Waals surface area contributed by atoms with Gasteiger partial charge in [-0.1, -0.05) is 6.07 Å². The lowest BCUT2D eigenvalue weighted by molar-refractivity contribution is -0.150. The van der Waals surface area contributed by atoms with Gasteiger partial charge in [0.05, 0.1) is 17.4 Å². The summed E-state index contributed by atoms with van der Waals surface area (Å²) in [6.07, 6.45) is 1.47. The number of hydrogen-bond acceptors (Lipinski definition) is 7. The molecule has 9 nitrogen and oxygen atoms in total. The number of pyridine rings is 1. The molecule has 3 unspecified atom stereocenters. The molecule has 2 amide bonds. The molecule has 0 aromatic carbocycles. The molecule has 3 heterocycles. The van der Waals surface area contributed by atoms with E-state index in [1.54, 1.807) is 12.1 Å². The minimum absolute atomic E-state index is 0.233. The number of carboxylic acids is 1. The Bertz CT molecular complexity index is 813. The van der Waals surface area contributed by atoms with Gasteiger partial charge in [-0.25, -0.2) is 9.78 Å². The summed E-state index contributed by atoms with van der Waals surface area (Å²) in [5, 5.41) is 20.8. The number of rotatable bonds is 6. The number of amides is 2. The summed E-state index contributed by atoms with van der Waals surface area (Å²) in [6.45, 7) is -0.453. The fraction of sp³-hybridized carbons (Fsp3) is 0.333. The molecule has 2 aliphatic rings. The van der Waals surface area contributed by atoms with Crippen LogP contribution < -0.4 is 5.32 Å². The summed E-state index contributed by atoms with van der Waals surface area (Å²) in [7, 11) is -1.64. The van der Waals surface area contributed by atoms with Gasteiger partial charge in [-0.05, 0) is 17.7 Å². The molecule has 0 spiro atoms. The summed E-state index contributed by atoms with van der Waals surface area (Å²) in [4.78, 5) is 40.8. The highest BCUT2D eigenvalue weighted by Gasteiger charge is 2.54. The van der Waals surface area contributed by atoms with Crippen molar-refractivity contribution >= 4 is 40.3 Å². The third kappa shape index (κ3) is 3.37. The maximum Gasteiger partial charge on any atom is 0.352 e. The Hall–Kier alpha value is -2.24. The monoisotopic (exact) mass is 397 g/mol. The molecule has 0 radical (unpaired) electrons. The van der Waals surface area contributed by atoms with Crippen LogP contribution in [0.2, 0.25) is 0 Å². The quantitative estimate of drug-likeness (QED) is 0.516. The van der Waals surface area contributed by atoms with Crippen LogP contribution in [-0.4, -0.2) is 71.6 Å². The minimum atomic E-state index is -1.64. The lowest BCUT2D eigenvalue weighted by atomic mass is 10.0. The van der Waals surface area contributed by atoms with Crippen molar-refractivity contribution in [1.82, 2.24) is 15.2 Å². The molecule has 26 heavy (non-hydrogen) atoms. The van der Waals surface area contributed by atoms with Gasteiger partial charge in [-0.2, -0.15) is 0 Å². The predicted octanol–water partition coefficient (Wildman–Crippen LogP) is -1.08. The highest BCUT2D eigenvalue weighted by atomic mass is 32.2. The van der Waals surface area contributed by atoms with Gasteiger partial charge < -0.3 is 15.5 Å². The fourth-order valence-corrected chi connectivity index (χ4v) is 4.91. The Morgan fingerprint density at radius 1 is 1.42 bits per heavy atom. The van der Waals surface area contributed by atoms with Crippen LogP contribution in [0, 0.1) is 0 Å². The average molecular weight is 397 g/mol. The first-order chi connectivity index (χ1) is 12.4. The Kier molecular flexibility index (Phi) is 5.39. The topological polar surface area (TPSA) is 137 Å². The number of nitrogens with zero attached hydrogens (tertiary/aromatic N) is 2. The number of hydrogen-bond donors (Lipinski definition) is 3. The second kappa shape index (κ2) is 7.56.